The summed E-state index contributed by atoms with van der Waals surface area (Å²) in [5.74, 6) is -0.478. The molecule has 0 aromatic carbocycles. The zero-order valence-corrected chi connectivity index (χ0v) is 17.2. The molecule has 23 heavy (non-hydrogen) atoms. The number of unbranched alkanes of at least 4 members (excludes halogenated alkanes) is 1. The first-order chi connectivity index (χ1) is 10.2. The van der Waals surface area contributed by atoms with Gasteiger partial charge in [-0.1, -0.05) is 26.8 Å². The first kappa shape index (κ1) is 22.3. The van der Waals surface area contributed by atoms with E-state index in [0.29, 0.717) is 6.42 Å². The van der Waals surface area contributed by atoms with Gasteiger partial charge in [0, 0.05) is 0 Å². The molecular formula is C18H36O4Si. The molecule has 0 aliphatic heterocycles. The molecule has 0 unspecified atom stereocenters. The Labute approximate surface area is 143 Å². The number of carbonyl (C=O) groups is 1. The van der Waals surface area contributed by atoms with Gasteiger partial charge in [0.2, 0.25) is 0 Å². The lowest BCUT2D eigenvalue weighted by Crippen LogP contribution is -2.51. The Bertz CT molecular complexity index is 391. The molecule has 0 aliphatic rings. The SMILES string of the molecule is C=CCCC[C@@H](O)[C@@H](O[Si](C)(C)C(C)(C)C)C(=O)OC(C)(C)C. The summed E-state index contributed by atoms with van der Waals surface area (Å²) in [6.45, 7) is 19.6. The van der Waals surface area contributed by atoms with Crippen molar-refractivity contribution in [2.45, 2.75) is 96.7 Å². The molecule has 1 N–H and O–H groups in total. The fraction of sp³-hybridized carbons (Fsp3) is 0.833. The predicted molar refractivity (Wildman–Crippen MR) is 98.0 cm³/mol. The number of aliphatic hydroxyl groups excluding tert-OH is 1. The van der Waals surface area contributed by atoms with Crippen molar-refractivity contribution in [2.24, 2.45) is 0 Å². The smallest absolute Gasteiger partial charge is 0.337 e. The minimum Gasteiger partial charge on any atom is -0.458 e. The summed E-state index contributed by atoms with van der Waals surface area (Å²) in [6.07, 6.45) is 2.08. The van der Waals surface area contributed by atoms with Gasteiger partial charge in [-0.05, 0) is 58.2 Å². The topological polar surface area (TPSA) is 55.8 Å². The van der Waals surface area contributed by atoms with Crippen LogP contribution in [0.25, 0.3) is 0 Å². The first-order valence-electron chi connectivity index (χ1n) is 8.41. The van der Waals surface area contributed by atoms with Gasteiger partial charge in [-0.3, -0.25) is 0 Å². The lowest BCUT2D eigenvalue weighted by molar-refractivity contribution is -0.169. The molecule has 136 valence electrons. The molecule has 0 bridgehead atoms. The van der Waals surface area contributed by atoms with Gasteiger partial charge in [-0.15, -0.1) is 6.58 Å². The van der Waals surface area contributed by atoms with Gasteiger partial charge in [-0.2, -0.15) is 0 Å². The minimum absolute atomic E-state index is 0.0475. The third kappa shape index (κ3) is 8.13. The van der Waals surface area contributed by atoms with Crippen molar-refractivity contribution in [2.75, 3.05) is 0 Å². The molecule has 0 saturated heterocycles. The summed E-state index contributed by atoms with van der Waals surface area (Å²) in [5.41, 5.74) is -0.604. The molecule has 4 nitrogen and oxygen atoms in total. The lowest BCUT2D eigenvalue weighted by Gasteiger charge is -2.40. The van der Waals surface area contributed by atoms with Crippen LogP contribution in [0.5, 0.6) is 0 Å². The van der Waals surface area contributed by atoms with E-state index < -0.39 is 32.1 Å². The number of carbonyl (C=O) groups excluding carboxylic acids is 1. The summed E-state index contributed by atoms with van der Waals surface area (Å²) in [7, 11) is -2.20. The van der Waals surface area contributed by atoms with Crippen LogP contribution >= 0.6 is 0 Å². The van der Waals surface area contributed by atoms with Crippen molar-refractivity contribution in [3.8, 4) is 0 Å². The number of rotatable bonds is 8. The number of ether oxygens (including phenoxy) is 1. The number of esters is 1. The number of allylic oxidation sites excluding steroid dienone is 1. The van der Waals surface area contributed by atoms with Crippen LogP contribution in [0, 0.1) is 0 Å². The van der Waals surface area contributed by atoms with Gasteiger partial charge in [0.25, 0.3) is 0 Å². The normalized spacial score (nSPS) is 15.9. The largest absolute Gasteiger partial charge is 0.458 e. The molecule has 2 atom stereocenters. The predicted octanol–water partition coefficient (Wildman–Crippen LogP) is 4.44. The molecule has 0 aliphatic carbocycles. The van der Waals surface area contributed by atoms with Gasteiger partial charge in [0.15, 0.2) is 14.4 Å². The number of hydrogen-bond donors (Lipinski definition) is 1. The first-order valence-corrected chi connectivity index (χ1v) is 11.3. The Morgan fingerprint density at radius 3 is 2.13 bits per heavy atom. The van der Waals surface area contributed by atoms with E-state index >= 15 is 0 Å². The molecule has 5 heteroatoms. The van der Waals surface area contributed by atoms with Gasteiger partial charge in [0.1, 0.15) is 5.60 Å². The molecule has 0 heterocycles. The average Bonchev–Trinajstić information content (AvgIpc) is 2.32. The van der Waals surface area contributed by atoms with Crippen molar-refractivity contribution < 1.29 is 19.1 Å². The maximum Gasteiger partial charge on any atom is 0.337 e. The Morgan fingerprint density at radius 1 is 1.22 bits per heavy atom. The highest BCUT2D eigenvalue weighted by atomic mass is 28.4. The van der Waals surface area contributed by atoms with Crippen LogP contribution in [0.15, 0.2) is 12.7 Å². The van der Waals surface area contributed by atoms with Crippen molar-refractivity contribution >= 4 is 14.3 Å². The molecule has 0 aromatic rings. The van der Waals surface area contributed by atoms with Crippen LogP contribution in [-0.4, -0.2) is 37.2 Å². The van der Waals surface area contributed by atoms with E-state index in [9.17, 15) is 9.90 Å². The Morgan fingerprint density at radius 2 is 1.74 bits per heavy atom. The molecule has 0 aromatic heterocycles. The third-order valence-electron chi connectivity index (χ3n) is 4.12. The van der Waals surface area contributed by atoms with Crippen LogP contribution < -0.4 is 0 Å². The van der Waals surface area contributed by atoms with E-state index in [-0.39, 0.29) is 5.04 Å². The Hall–Kier alpha value is -0.653. The maximum absolute atomic E-state index is 12.5. The molecule has 0 fully saturated rings. The molecule has 0 amide bonds. The fourth-order valence-corrected chi connectivity index (χ4v) is 3.00. The maximum atomic E-state index is 12.5. The fourth-order valence-electron chi connectivity index (χ4n) is 1.76. The number of aliphatic hydroxyl groups is 1. The van der Waals surface area contributed by atoms with Crippen LogP contribution in [0.1, 0.15) is 60.8 Å². The highest BCUT2D eigenvalue weighted by molar-refractivity contribution is 6.74. The van der Waals surface area contributed by atoms with E-state index in [1.807, 2.05) is 26.8 Å². The van der Waals surface area contributed by atoms with Crippen molar-refractivity contribution in [1.82, 2.24) is 0 Å². The highest BCUT2D eigenvalue weighted by Gasteiger charge is 2.43. The summed E-state index contributed by atoms with van der Waals surface area (Å²) >= 11 is 0. The van der Waals surface area contributed by atoms with Gasteiger partial charge < -0.3 is 14.3 Å². The monoisotopic (exact) mass is 344 g/mol. The summed E-state index contributed by atoms with van der Waals surface area (Å²) in [4.78, 5) is 12.5. The third-order valence-corrected chi connectivity index (χ3v) is 8.58. The molecule has 0 radical (unpaired) electrons. The standard InChI is InChI=1S/C18H36O4Si/c1-10-11-12-13-14(19)15(16(20)21-17(2,3)4)22-23(8,9)18(5,6)7/h10,14-15,19H,1,11-13H2,2-9H3/t14-,15-/m1/s1. The van der Waals surface area contributed by atoms with Gasteiger partial charge in [-0.25, -0.2) is 4.79 Å². The Balaban J connectivity index is 5.21. The molecular weight excluding hydrogens is 308 g/mol. The van der Waals surface area contributed by atoms with Gasteiger partial charge >= 0.3 is 5.97 Å². The quantitative estimate of drug-likeness (QED) is 0.306. The van der Waals surface area contributed by atoms with E-state index in [2.05, 4.69) is 40.4 Å². The number of hydrogen-bond acceptors (Lipinski definition) is 4. The van der Waals surface area contributed by atoms with Crippen LogP contribution in [0.4, 0.5) is 0 Å². The van der Waals surface area contributed by atoms with Gasteiger partial charge in [0.05, 0.1) is 6.10 Å². The lowest BCUT2D eigenvalue weighted by atomic mass is 10.1. The molecule has 0 saturated carbocycles. The van der Waals surface area contributed by atoms with Crippen LogP contribution in [0.3, 0.4) is 0 Å². The van der Waals surface area contributed by atoms with Crippen molar-refractivity contribution in [3.63, 3.8) is 0 Å². The minimum atomic E-state index is -2.20. The second-order valence-electron chi connectivity index (χ2n) is 8.62. The van der Waals surface area contributed by atoms with Crippen molar-refractivity contribution in [1.29, 1.82) is 0 Å². The van der Waals surface area contributed by atoms with E-state index in [1.54, 1.807) is 0 Å². The van der Waals surface area contributed by atoms with E-state index in [4.69, 9.17) is 9.16 Å². The average molecular weight is 345 g/mol. The highest BCUT2D eigenvalue weighted by Crippen LogP contribution is 2.38. The van der Waals surface area contributed by atoms with Crippen LogP contribution in [0.2, 0.25) is 18.1 Å². The van der Waals surface area contributed by atoms with E-state index in [1.165, 1.54) is 0 Å². The van der Waals surface area contributed by atoms with E-state index in [0.717, 1.165) is 12.8 Å². The summed E-state index contributed by atoms with van der Waals surface area (Å²) in [5, 5.41) is 10.4. The second kappa shape index (κ2) is 8.45. The summed E-state index contributed by atoms with van der Waals surface area (Å²) in [6, 6.07) is 0. The second-order valence-corrected chi connectivity index (χ2v) is 13.4. The molecule has 0 spiro atoms. The zero-order chi connectivity index (χ0) is 18.5. The molecule has 0 rings (SSSR count). The van der Waals surface area contributed by atoms with Crippen LogP contribution in [-0.2, 0) is 14.0 Å². The summed E-state index contributed by atoms with van der Waals surface area (Å²) < 4.78 is 11.7. The van der Waals surface area contributed by atoms with Crippen molar-refractivity contribution in [3.05, 3.63) is 12.7 Å². The Kier molecular flexibility index (Phi) is 8.21. The zero-order valence-electron chi connectivity index (χ0n) is 16.2.